The van der Waals surface area contributed by atoms with E-state index < -0.39 is 35.4 Å². The van der Waals surface area contributed by atoms with Crippen molar-refractivity contribution in [2.75, 3.05) is 30.4 Å². The van der Waals surface area contributed by atoms with Crippen LogP contribution in [0.25, 0.3) is 0 Å². The van der Waals surface area contributed by atoms with E-state index in [1.807, 2.05) is 0 Å². The van der Waals surface area contributed by atoms with E-state index in [2.05, 4.69) is 10.3 Å². The number of rotatable bonds is 4. The van der Waals surface area contributed by atoms with Gasteiger partial charge in [-0.05, 0) is 43.7 Å². The SMILES string of the molecule is CNC(=O)[C@H]1C[C@@H](C(=O)N(C)c2ccc(F)c(Cl)c2)N(c2cc(C(F)(F)F)cc(C)n2)C1. The van der Waals surface area contributed by atoms with Crippen molar-refractivity contribution in [1.82, 2.24) is 10.3 Å². The van der Waals surface area contributed by atoms with Gasteiger partial charge in [0.1, 0.15) is 17.7 Å². The number of pyridine rings is 1. The Hall–Kier alpha value is -2.88. The molecule has 32 heavy (non-hydrogen) atoms. The first kappa shape index (κ1) is 23.8. The van der Waals surface area contributed by atoms with Gasteiger partial charge >= 0.3 is 6.18 Å². The molecule has 0 unspecified atom stereocenters. The number of anilines is 2. The predicted molar refractivity (Wildman–Crippen MR) is 112 cm³/mol. The molecular weight excluding hydrogens is 452 g/mol. The first-order chi connectivity index (χ1) is 14.9. The molecule has 2 heterocycles. The molecule has 2 aromatic rings. The van der Waals surface area contributed by atoms with Crippen LogP contribution in [0.1, 0.15) is 17.7 Å². The van der Waals surface area contributed by atoms with Crippen LogP contribution in [0.2, 0.25) is 5.02 Å². The zero-order chi connectivity index (χ0) is 23.8. The molecule has 0 saturated carbocycles. The molecule has 1 N–H and O–H groups in total. The number of nitrogens with one attached hydrogen (secondary N) is 1. The highest BCUT2D eigenvalue weighted by molar-refractivity contribution is 6.31. The van der Waals surface area contributed by atoms with Crippen LogP contribution in [0, 0.1) is 18.7 Å². The highest BCUT2D eigenvalue weighted by atomic mass is 35.5. The minimum atomic E-state index is -4.59. The largest absolute Gasteiger partial charge is 0.416 e. The fraction of sp³-hybridized carbons (Fsp3) is 0.381. The molecule has 0 aliphatic carbocycles. The van der Waals surface area contributed by atoms with Gasteiger partial charge in [0.05, 0.1) is 16.5 Å². The summed E-state index contributed by atoms with van der Waals surface area (Å²) in [5, 5.41) is 2.33. The van der Waals surface area contributed by atoms with Crippen LogP contribution in [0.5, 0.6) is 0 Å². The average molecular weight is 473 g/mol. The molecule has 172 valence electrons. The molecule has 1 aromatic heterocycles. The molecule has 11 heteroatoms. The first-order valence-electron chi connectivity index (χ1n) is 9.69. The number of nitrogens with zero attached hydrogens (tertiary/aromatic N) is 3. The van der Waals surface area contributed by atoms with Crippen molar-refractivity contribution in [3.63, 3.8) is 0 Å². The molecule has 1 aliphatic rings. The molecule has 1 aromatic carbocycles. The lowest BCUT2D eigenvalue weighted by molar-refractivity contribution is -0.137. The molecule has 6 nitrogen and oxygen atoms in total. The number of likely N-dealkylation sites (N-methyl/N-ethyl adjacent to an activating group) is 1. The van der Waals surface area contributed by atoms with E-state index in [0.29, 0.717) is 5.69 Å². The van der Waals surface area contributed by atoms with Crippen LogP contribution < -0.4 is 15.1 Å². The minimum Gasteiger partial charge on any atom is -0.359 e. The zero-order valence-electron chi connectivity index (χ0n) is 17.5. The third-order valence-electron chi connectivity index (χ3n) is 5.39. The van der Waals surface area contributed by atoms with Crippen molar-refractivity contribution < 1.29 is 27.2 Å². The summed E-state index contributed by atoms with van der Waals surface area (Å²) in [5.74, 6) is -2.15. The van der Waals surface area contributed by atoms with Crippen molar-refractivity contribution >= 4 is 34.9 Å². The Bertz CT molecular complexity index is 1050. The number of carbonyl (C=O) groups is 2. The van der Waals surface area contributed by atoms with Gasteiger partial charge in [0.2, 0.25) is 11.8 Å². The maximum Gasteiger partial charge on any atom is 0.416 e. The number of alkyl halides is 3. The van der Waals surface area contributed by atoms with E-state index in [9.17, 15) is 27.2 Å². The summed E-state index contributed by atoms with van der Waals surface area (Å²) in [7, 11) is 2.89. The molecule has 1 fully saturated rings. The topological polar surface area (TPSA) is 65.5 Å². The summed E-state index contributed by atoms with van der Waals surface area (Å²) in [6.45, 7) is 1.44. The second-order valence-corrected chi connectivity index (χ2v) is 7.97. The van der Waals surface area contributed by atoms with Gasteiger partial charge in [-0.15, -0.1) is 0 Å². The molecule has 2 atom stereocenters. The fourth-order valence-corrected chi connectivity index (χ4v) is 3.90. The van der Waals surface area contributed by atoms with Crippen molar-refractivity contribution in [3.05, 3.63) is 52.4 Å². The van der Waals surface area contributed by atoms with Crippen LogP contribution in [0.4, 0.5) is 29.1 Å². The summed E-state index contributed by atoms with van der Waals surface area (Å²) < 4.78 is 53.5. The normalized spacial score (nSPS) is 18.6. The Morgan fingerprint density at radius 2 is 1.94 bits per heavy atom. The number of amides is 2. The lowest BCUT2D eigenvalue weighted by atomic mass is 10.0. The Morgan fingerprint density at radius 3 is 2.53 bits per heavy atom. The second kappa shape index (κ2) is 8.93. The first-order valence-corrected chi connectivity index (χ1v) is 10.1. The standard InChI is InChI=1S/C21H21ClF4N4O2/c1-11-6-13(21(24,25)26)8-18(28-11)30-10-12(19(31)27-2)7-17(30)20(32)29(3)14-4-5-16(23)15(22)9-14/h4-6,8-9,12,17H,7,10H2,1-3H3,(H,27,31)/t12-,17-/m0/s1. The van der Waals surface area contributed by atoms with Gasteiger partial charge in [-0.2, -0.15) is 13.2 Å². The van der Waals surface area contributed by atoms with Gasteiger partial charge in [-0.25, -0.2) is 9.37 Å². The van der Waals surface area contributed by atoms with Gasteiger partial charge in [0.15, 0.2) is 0 Å². The van der Waals surface area contributed by atoms with E-state index in [4.69, 9.17) is 11.6 Å². The number of hydrogen-bond donors (Lipinski definition) is 1. The molecule has 1 aliphatic heterocycles. The maximum absolute atomic E-state index is 13.5. The summed E-state index contributed by atoms with van der Waals surface area (Å²) in [5.41, 5.74) is -0.464. The van der Waals surface area contributed by atoms with Crippen molar-refractivity contribution in [3.8, 4) is 0 Å². The molecule has 3 rings (SSSR count). The predicted octanol–water partition coefficient (Wildman–Crippen LogP) is 3.81. The van der Waals surface area contributed by atoms with E-state index in [-0.39, 0.29) is 35.4 Å². The summed E-state index contributed by atoms with van der Waals surface area (Å²) in [4.78, 5) is 32.4. The van der Waals surface area contributed by atoms with Gasteiger partial charge < -0.3 is 15.1 Å². The van der Waals surface area contributed by atoms with Crippen molar-refractivity contribution in [2.45, 2.75) is 25.6 Å². The molecular formula is C21H21ClF4N4O2. The monoisotopic (exact) mass is 472 g/mol. The Morgan fingerprint density at radius 1 is 1.25 bits per heavy atom. The average Bonchev–Trinajstić information content (AvgIpc) is 3.18. The Labute approximate surface area is 187 Å². The number of aromatic nitrogens is 1. The van der Waals surface area contributed by atoms with Gasteiger partial charge in [0.25, 0.3) is 0 Å². The lowest BCUT2D eigenvalue weighted by Gasteiger charge is -2.29. The maximum atomic E-state index is 13.5. The summed E-state index contributed by atoms with van der Waals surface area (Å²) in [6.07, 6.45) is -4.52. The Balaban J connectivity index is 2.00. The van der Waals surface area contributed by atoms with Crippen LogP contribution in [-0.4, -0.2) is 43.5 Å². The zero-order valence-corrected chi connectivity index (χ0v) is 18.3. The highest BCUT2D eigenvalue weighted by Gasteiger charge is 2.42. The van der Waals surface area contributed by atoms with Crippen LogP contribution in [0.3, 0.4) is 0 Å². The van der Waals surface area contributed by atoms with Gasteiger partial charge in [-0.1, -0.05) is 11.6 Å². The third kappa shape index (κ3) is 4.79. The van der Waals surface area contributed by atoms with E-state index in [1.54, 1.807) is 0 Å². The number of benzene rings is 1. The fourth-order valence-electron chi connectivity index (χ4n) is 3.72. The molecule has 0 spiro atoms. The number of hydrogen-bond acceptors (Lipinski definition) is 4. The van der Waals surface area contributed by atoms with Crippen molar-refractivity contribution in [1.29, 1.82) is 0 Å². The molecule has 0 radical (unpaired) electrons. The summed E-state index contributed by atoms with van der Waals surface area (Å²) in [6, 6.07) is 4.58. The molecule has 0 bridgehead atoms. The number of halogens is 5. The van der Waals surface area contributed by atoms with Crippen LogP contribution in [0.15, 0.2) is 30.3 Å². The molecule has 1 saturated heterocycles. The second-order valence-electron chi connectivity index (χ2n) is 7.56. The smallest absolute Gasteiger partial charge is 0.359 e. The number of aryl methyl sites for hydroxylation is 1. The van der Waals surface area contributed by atoms with Gasteiger partial charge in [-0.3, -0.25) is 9.59 Å². The summed E-state index contributed by atoms with van der Waals surface area (Å²) >= 11 is 5.82. The molecule has 2 amide bonds. The minimum absolute atomic E-state index is 0.0157. The quantitative estimate of drug-likeness (QED) is 0.687. The van der Waals surface area contributed by atoms with E-state index >= 15 is 0 Å². The van der Waals surface area contributed by atoms with Gasteiger partial charge in [0, 0.05) is 32.0 Å². The highest BCUT2D eigenvalue weighted by Crippen LogP contribution is 2.35. The van der Waals surface area contributed by atoms with E-state index in [1.165, 1.54) is 43.0 Å². The van der Waals surface area contributed by atoms with Crippen LogP contribution in [-0.2, 0) is 15.8 Å². The van der Waals surface area contributed by atoms with E-state index in [0.717, 1.165) is 18.2 Å². The third-order valence-corrected chi connectivity index (χ3v) is 5.68. The van der Waals surface area contributed by atoms with Crippen LogP contribution >= 0.6 is 11.6 Å². The lowest BCUT2D eigenvalue weighted by Crippen LogP contribution is -2.44. The van der Waals surface area contributed by atoms with Crippen molar-refractivity contribution in [2.24, 2.45) is 5.92 Å². The Kier molecular flexibility index (Phi) is 6.64. The number of carbonyl (C=O) groups excluding carboxylic acids is 2.